The van der Waals surface area contributed by atoms with Crippen LogP contribution in [0.4, 0.5) is 5.82 Å². The average molecular weight is 263 g/mol. The van der Waals surface area contributed by atoms with E-state index in [1.165, 1.54) is 19.3 Å². The zero-order valence-electron chi connectivity index (χ0n) is 11.7. The Morgan fingerprint density at radius 3 is 2.68 bits per heavy atom. The van der Waals surface area contributed by atoms with Crippen molar-refractivity contribution in [1.82, 2.24) is 10.2 Å². The predicted octanol–water partition coefficient (Wildman–Crippen LogP) is 2.64. The van der Waals surface area contributed by atoms with Crippen LogP contribution in [0.3, 0.4) is 0 Å². The highest BCUT2D eigenvalue weighted by Crippen LogP contribution is 2.30. The van der Waals surface area contributed by atoms with Gasteiger partial charge in [0.2, 0.25) is 0 Å². The van der Waals surface area contributed by atoms with E-state index in [4.69, 9.17) is 0 Å². The molecule has 2 N–H and O–H groups in total. The number of carboxylic acids is 1. The summed E-state index contributed by atoms with van der Waals surface area (Å²) < 4.78 is 0. The van der Waals surface area contributed by atoms with Gasteiger partial charge in [0.25, 0.3) is 0 Å². The van der Waals surface area contributed by atoms with Gasteiger partial charge in [-0.25, -0.2) is 4.79 Å². The second-order valence-corrected chi connectivity index (χ2v) is 5.60. The molecule has 5 nitrogen and oxygen atoms in total. The monoisotopic (exact) mass is 263 g/mol. The minimum absolute atomic E-state index is 0.249. The summed E-state index contributed by atoms with van der Waals surface area (Å²) in [4.78, 5) is 11.3. The lowest BCUT2D eigenvalue weighted by atomic mass is 10.1. The van der Waals surface area contributed by atoms with Crippen molar-refractivity contribution >= 4 is 11.8 Å². The lowest BCUT2D eigenvalue weighted by molar-refractivity contribution is 0.0696. The number of hydrogen-bond acceptors (Lipinski definition) is 4. The van der Waals surface area contributed by atoms with Crippen molar-refractivity contribution < 1.29 is 9.90 Å². The quantitative estimate of drug-likeness (QED) is 0.873. The molecule has 1 aliphatic rings. The third kappa shape index (κ3) is 3.03. The normalized spacial score (nSPS) is 22.5. The average Bonchev–Trinajstić information content (AvgIpc) is 2.76. The van der Waals surface area contributed by atoms with Crippen LogP contribution < -0.4 is 5.32 Å². The van der Waals surface area contributed by atoms with Gasteiger partial charge in [-0.05, 0) is 44.1 Å². The van der Waals surface area contributed by atoms with Gasteiger partial charge >= 0.3 is 5.97 Å². The van der Waals surface area contributed by atoms with Crippen LogP contribution in [0.2, 0.25) is 0 Å². The number of carbonyl (C=O) groups is 1. The minimum Gasteiger partial charge on any atom is -0.478 e. The maximum absolute atomic E-state index is 11.3. The Bertz CT molecular complexity index is 488. The maximum atomic E-state index is 11.3. The van der Waals surface area contributed by atoms with Crippen LogP contribution in [0.1, 0.15) is 47.8 Å². The number of nitrogens with zero attached hydrogens (tertiary/aromatic N) is 2. The molecule has 2 unspecified atom stereocenters. The fraction of sp³-hybridized carbons (Fsp3) is 0.643. The fourth-order valence-electron chi connectivity index (χ4n) is 2.75. The van der Waals surface area contributed by atoms with Gasteiger partial charge < -0.3 is 10.4 Å². The van der Waals surface area contributed by atoms with Gasteiger partial charge in [-0.2, -0.15) is 5.10 Å². The Kier molecular flexibility index (Phi) is 4.02. The Morgan fingerprint density at radius 2 is 2.11 bits per heavy atom. The number of nitrogens with one attached hydrogen (secondary N) is 1. The summed E-state index contributed by atoms with van der Waals surface area (Å²) in [5.41, 5.74) is 1.60. The van der Waals surface area contributed by atoms with E-state index in [1.54, 1.807) is 13.8 Å². The van der Waals surface area contributed by atoms with Crippen LogP contribution in [0.5, 0.6) is 0 Å². The molecule has 1 heterocycles. The zero-order chi connectivity index (χ0) is 14.0. The predicted molar refractivity (Wildman–Crippen MR) is 73.5 cm³/mol. The van der Waals surface area contributed by atoms with Crippen molar-refractivity contribution in [3.63, 3.8) is 0 Å². The van der Waals surface area contributed by atoms with Crippen molar-refractivity contribution in [3.05, 3.63) is 16.8 Å². The minimum atomic E-state index is -0.946. The van der Waals surface area contributed by atoms with Gasteiger partial charge in [0.1, 0.15) is 5.56 Å². The van der Waals surface area contributed by atoms with Crippen LogP contribution in [0.25, 0.3) is 0 Å². The highest BCUT2D eigenvalue weighted by Gasteiger charge is 2.23. The van der Waals surface area contributed by atoms with Crippen LogP contribution in [0.15, 0.2) is 0 Å². The molecule has 5 heteroatoms. The van der Waals surface area contributed by atoms with Crippen LogP contribution in [-0.4, -0.2) is 27.8 Å². The Labute approximate surface area is 113 Å². The smallest absolute Gasteiger partial charge is 0.339 e. The van der Waals surface area contributed by atoms with E-state index < -0.39 is 5.97 Å². The second kappa shape index (κ2) is 5.55. The molecular weight excluding hydrogens is 242 g/mol. The summed E-state index contributed by atoms with van der Waals surface area (Å²) in [7, 11) is 0. The Hall–Kier alpha value is -1.65. The third-order valence-corrected chi connectivity index (χ3v) is 4.03. The summed E-state index contributed by atoms with van der Waals surface area (Å²) in [6.45, 7) is 6.59. The van der Waals surface area contributed by atoms with Gasteiger partial charge in [-0.3, -0.25) is 0 Å². The standard InChI is InChI=1S/C14H21N3O2/c1-8-4-5-11(6-8)7-15-13-12(14(18)19)9(2)10(3)16-17-13/h8,11H,4-7H2,1-3H3,(H,15,17)(H,18,19). The van der Waals surface area contributed by atoms with Crippen LogP contribution >= 0.6 is 0 Å². The van der Waals surface area contributed by atoms with E-state index in [1.807, 2.05) is 0 Å². The molecule has 2 rings (SSSR count). The summed E-state index contributed by atoms with van der Waals surface area (Å²) in [5.74, 6) is 0.838. The molecule has 1 aromatic rings. The van der Waals surface area contributed by atoms with Crippen molar-refractivity contribution in [2.45, 2.75) is 40.0 Å². The van der Waals surface area contributed by atoms with E-state index in [0.717, 1.165) is 12.5 Å². The lowest BCUT2D eigenvalue weighted by Gasteiger charge is -2.14. The fourth-order valence-corrected chi connectivity index (χ4v) is 2.75. The number of hydrogen-bond donors (Lipinski definition) is 2. The summed E-state index contributed by atoms with van der Waals surface area (Å²) in [6, 6.07) is 0. The molecule has 0 aliphatic heterocycles. The van der Waals surface area contributed by atoms with Crippen molar-refractivity contribution in [2.24, 2.45) is 11.8 Å². The molecular formula is C14H21N3O2. The summed E-state index contributed by atoms with van der Waals surface area (Å²) >= 11 is 0. The Morgan fingerprint density at radius 1 is 1.37 bits per heavy atom. The highest BCUT2D eigenvalue weighted by molar-refractivity contribution is 5.94. The van der Waals surface area contributed by atoms with E-state index in [-0.39, 0.29) is 5.56 Å². The zero-order valence-corrected chi connectivity index (χ0v) is 11.7. The molecule has 1 saturated carbocycles. The molecule has 1 aromatic heterocycles. The first-order valence-corrected chi connectivity index (χ1v) is 6.80. The molecule has 104 valence electrons. The van der Waals surface area contributed by atoms with Gasteiger partial charge in [0, 0.05) is 6.54 Å². The summed E-state index contributed by atoms with van der Waals surface area (Å²) in [5, 5.41) is 20.5. The second-order valence-electron chi connectivity index (χ2n) is 5.60. The highest BCUT2D eigenvalue weighted by atomic mass is 16.4. The Balaban J connectivity index is 2.12. The number of aromatic nitrogens is 2. The topological polar surface area (TPSA) is 75.1 Å². The van der Waals surface area contributed by atoms with Crippen molar-refractivity contribution in [1.29, 1.82) is 0 Å². The van der Waals surface area contributed by atoms with E-state index in [9.17, 15) is 9.90 Å². The third-order valence-electron chi connectivity index (χ3n) is 4.03. The lowest BCUT2D eigenvalue weighted by Crippen LogP contribution is -2.17. The van der Waals surface area contributed by atoms with Gasteiger partial charge in [0.05, 0.1) is 5.69 Å². The number of anilines is 1. The van der Waals surface area contributed by atoms with Crippen molar-refractivity contribution in [3.8, 4) is 0 Å². The first-order valence-electron chi connectivity index (χ1n) is 6.80. The number of aryl methyl sites for hydroxylation is 1. The number of aromatic carboxylic acids is 1. The van der Waals surface area contributed by atoms with Crippen molar-refractivity contribution in [2.75, 3.05) is 11.9 Å². The van der Waals surface area contributed by atoms with E-state index in [2.05, 4.69) is 22.4 Å². The molecule has 1 aliphatic carbocycles. The largest absolute Gasteiger partial charge is 0.478 e. The van der Waals surface area contributed by atoms with Crippen LogP contribution in [0, 0.1) is 25.7 Å². The molecule has 1 fully saturated rings. The molecule has 0 amide bonds. The maximum Gasteiger partial charge on any atom is 0.339 e. The van der Waals surface area contributed by atoms with Gasteiger partial charge in [0.15, 0.2) is 5.82 Å². The summed E-state index contributed by atoms with van der Waals surface area (Å²) in [6.07, 6.45) is 3.67. The molecule has 2 atom stereocenters. The SMILES string of the molecule is Cc1nnc(NCC2CCC(C)C2)c(C(=O)O)c1C. The van der Waals surface area contributed by atoms with E-state index >= 15 is 0 Å². The number of rotatable bonds is 4. The van der Waals surface area contributed by atoms with Gasteiger partial charge in [-0.15, -0.1) is 5.10 Å². The van der Waals surface area contributed by atoms with E-state index in [0.29, 0.717) is 23.0 Å². The first kappa shape index (κ1) is 13.8. The molecule has 0 spiro atoms. The van der Waals surface area contributed by atoms with Crippen LogP contribution in [-0.2, 0) is 0 Å². The number of carboxylic acid groups (broad SMARTS) is 1. The molecule has 19 heavy (non-hydrogen) atoms. The molecule has 0 saturated heterocycles. The molecule has 0 bridgehead atoms. The van der Waals surface area contributed by atoms with Gasteiger partial charge in [-0.1, -0.05) is 13.3 Å². The first-order chi connectivity index (χ1) is 8.99. The molecule has 0 aromatic carbocycles. The molecule has 0 radical (unpaired) electrons.